The van der Waals surface area contributed by atoms with Crippen molar-refractivity contribution >= 4 is 0 Å². The lowest BCUT2D eigenvalue weighted by atomic mass is 10.1. The van der Waals surface area contributed by atoms with Crippen molar-refractivity contribution in [1.29, 1.82) is 0 Å². The van der Waals surface area contributed by atoms with Gasteiger partial charge in [-0.1, -0.05) is 19.8 Å². The molecule has 0 saturated heterocycles. The maximum atomic E-state index is 9.48. The zero-order valence-corrected chi connectivity index (χ0v) is 10.6. The molecule has 0 amide bonds. The summed E-state index contributed by atoms with van der Waals surface area (Å²) < 4.78 is 1.95. The minimum absolute atomic E-state index is 0.0451. The van der Waals surface area contributed by atoms with Gasteiger partial charge in [-0.25, -0.2) is 0 Å². The monoisotopic (exact) mass is 237 g/mol. The van der Waals surface area contributed by atoms with Crippen LogP contribution in [-0.4, -0.2) is 27.5 Å². The molecule has 17 heavy (non-hydrogen) atoms. The van der Waals surface area contributed by atoms with E-state index in [0.717, 1.165) is 18.5 Å². The van der Waals surface area contributed by atoms with E-state index < -0.39 is 0 Å². The largest absolute Gasteiger partial charge is 0.394 e. The summed E-state index contributed by atoms with van der Waals surface area (Å²) in [5, 5.41) is 17.3. The van der Waals surface area contributed by atoms with Gasteiger partial charge in [0.05, 0.1) is 18.8 Å². The van der Waals surface area contributed by atoms with E-state index in [0.29, 0.717) is 6.04 Å². The fourth-order valence-electron chi connectivity index (χ4n) is 2.54. The first kappa shape index (κ1) is 12.6. The molecule has 1 fully saturated rings. The minimum Gasteiger partial charge on any atom is -0.394 e. The molecule has 1 saturated carbocycles. The van der Waals surface area contributed by atoms with Crippen LogP contribution in [0, 0.1) is 0 Å². The Kier molecular flexibility index (Phi) is 4.57. The third kappa shape index (κ3) is 3.30. The molecule has 1 unspecified atom stereocenters. The Morgan fingerprint density at radius 3 is 2.94 bits per heavy atom. The molecule has 2 N–H and O–H groups in total. The van der Waals surface area contributed by atoms with Gasteiger partial charge in [-0.05, 0) is 19.3 Å². The highest BCUT2D eigenvalue weighted by atomic mass is 16.3. The summed E-state index contributed by atoms with van der Waals surface area (Å²) in [7, 11) is 0. The molecule has 0 aromatic carbocycles. The molecule has 0 spiro atoms. The van der Waals surface area contributed by atoms with Gasteiger partial charge in [-0.2, -0.15) is 5.10 Å². The first-order valence-corrected chi connectivity index (χ1v) is 6.72. The second kappa shape index (κ2) is 6.17. The third-order valence-corrected chi connectivity index (χ3v) is 3.48. The van der Waals surface area contributed by atoms with Crippen molar-refractivity contribution in [3.63, 3.8) is 0 Å². The molecule has 2 rings (SSSR count). The summed E-state index contributed by atoms with van der Waals surface area (Å²) in [4.78, 5) is 0. The lowest BCUT2D eigenvalue weighted by Gasteiger charge is -2.19. The van der Waals surface area contributed by atoms with Crippen LogP contribution in [0.3, 0.4) is 0 Å². The van der Waals surface area contributed by atoms with Gasteiger partial charge in [0.15, 0.2) is 0 Å². The van der Waals surface area contributed by atoms with E-state index in [1.54, 1.807) is 0 Å². The maximum Gasteiger partial charge on any atom is 0.0627 e. The van der Waals surface area contributed by atoms with Gasteiger partial charge in [0, 0.05) is 24.3 Å². The number of rotatable bonds is 6. The molecule has 1 aromatic rings. The molecule has 0 aliphatic heterocycles. The van der Waals surface area contributed by atoms with Crippen LogP contribution in [0.4, 0.5) is 0 Å². The molecule has 1 atom stereocenters. The minimum atomic E-state index is 0.0451. The number of aliphatic hydroxyl groups is 1. The summed E-state index contributed by atoms with van der Waals surface area (Å²) in [5.74, 6) is 0. The number of hydrogen-bond acceptors (Lipinski definition) is 3. The fourth-order valence-corrected chi connectivity index (χ4v) is 2.54. The number of aromatic nitrogens is 2. The fraction of sp³-hybridized carbons (Fsp3) is 0.769. The van der Waals surface area contributed by atoms with Crippen LogP contribution in [0.15, 0.2) is 12.4 Å². The van der Waals surface area contributed by atoms with E-state index in [2.05, 4.69) is 17.3 Å². The van der Waals surface area contributed by atoms with Crippen molar-refractivity contribution in [1.82, 2.24) is 15.1 Å². The van der Waals surface area contributed by atoms with Gasteiger partial charge >= 0.3 is 0 Å². The highest BCUT2D eigenvalue weighted by Crippen LogP contribution is 2.21. The van der Waals surface area contributed by atoms with Crippen LogP contribution in [0.2, 0.25) is 0 Å². The summed E-state index contributed by atoms with van der Waals surface area (Å²) in [5.41, 5.74) is 1.10. The number of nitrogens with zero attached hydrogens (tertiary/aromatic N) is 2. The van der Waals surface area contributed by atoms with E-state index in [1.807, 2.05) is 17.1 Å². The van der Waals surface area contributed by atoms with Gasteiger partial charge in [0.25, 0.3) is 0 Å². The second-order valence-electron chi connectivity index (χ2n) is 4.92. The van der Waals surface area contributed by atoms with Crippen LogP contribution in [0.25, 0.3) is 0 Å². The number of aliphatic hydroxyl groups excluding tert-OH is 1. The number of aryl methyl sites for hydroxylation is 1. The Labute approximate surface area is 103 Å². The lowest BCUT2D eigenvalue weighted by molar-refractivity contribution is 0.233. The van der Waals surface area contributed by atoms with Gasteiger partial charge in [-0.3, -0.25) is 4.68 Å². The Morgan fingerprint density at radius 1 is 1.53 bits per heavy atom. The Bertz CT molecular complexity index is 331. The van der Waals surface area contributed by atoms with Crippen molar-refractivity contribution in [3.8, 4) is 0 Å². The van der Waals surface area contributed by atoms with E-state index in [4.69, 9.17) is 0 Å². The van der Waals surface area contributed by atoms with Gasteiger partial charge in [0.2, 0.25) is 0 Å². The Morgan fingerprint density at radius 2 is 2.29 bits per heavy atom. The van der Waals surface area contributed by atoms with Crippen LogP contribution in [0.5, 0.6) is 0 Å². The zero-order chi connectivity index (χ0) is 12.1. The quantitative estimate of drug-likeness (QED) is 0.794. The highest BCUT2D eigenvalue weighted by Gasteiger charge is 2.20. The molecule has 4 heteroatoms. The molecule has 1 aliphatic carbocycles. The topological polar surface area (TPSA) is 50.1 Å². The predicted octanol–water partition coefficient (Wildman–Crippen LogP) is 1.86. The average molecular weight is 237 g/mol. The number of hydrogen-bond donors (Lipinski definition) is 2. The second-order valence-corrected chi connectivity index (χ2v) is 4.92. The van der Waals surface area contributed by atoms with Gasteiger partial charge in [-0.15, -0.1) is 0 Å². The van der Waals surface area contributed by atoms with E-state index in [9.17, 15) is 5.11 Å². The highest BCUT2D eigenvalue weighted by molar-refractivity contribution is 5.11. The molecule has 1 aliphatic rings. The normalized spacial score (nSPS) is 18.7. The molecule has 1 heterocycles. The standard InChI is InChI=1S/C13H23N3O/c1-2-7-16-9-11(8-14-16)13(10-17)15-12-5-3-4-6-12/h8-9,12-13,15,17H,2-7,10H2,1H3. The molecule has 0 bridgehead atoms. The van der Waals surface area contributed by atoms with Crippen molar-refractivity contribution < 1.29 is 5.11 Å². The Hall–Kier alpha value is -0.870. The van der Waals surface area contributed by atoms with Crippen LogP contribution in [-0.2, 0) is 6.54 Å². The zero-order valence-electron chi connectivity index (χ0n) is 10.6. The predicted molar refractivity (Wildman–Crippen MR) is 67.7 cm³/mol. The molecule has 4 nitrogen and oxygen atoms in total. The first-order valence-electron chi connectivity index (χ1n) is 6.72. The summed E-state index contributed by atoms with van der Waals surface area (Å²) in [6.45, 7) is 3.23. The molecule has 0 radical (unpaired) electrons. The maximum absolute atomic E-state index is 9.48. The summed E-state index contributed by atoms with van der Waals surface area (Å²) >= 11 is 0. The van der Waals surface area contributed by atoms with Crippen LogP contribution in [0.1, 0.15) is 50.6 Å². The van der Waals surface area contributed by atoms with Crippen LogP contribution >= 0.6 is 0 Å². The molecule has 96 valence electrons. The smallest absolute Gasteiger partial charge is 0.0627 e. The molecular weight excluding hydrogens is 214 g/mol. The van der Waals surface area contributed by atoms with Gasteiger partial charge in [0.1, 0.15) is 0 Å². The molecule has 1 aromatic heterocycles. The molecular formula is C13H23N3O. The van der Waals surface area contributed by atoms with Crippen molar-refractivity contribution in [2.45, 2.75) is 57.7 Å². The lowest BCUT2D eigenvalue weighted by Crippen LogP contribution is -2.32. The SMILES string of the molecule is CCCn1cc(C(CO)NC2CCCC2)cn1. The van der Waals surface area contributed by atoms with Crippen molar-refractivity contribution in [3.05, 3.63) is 18.0 Å². The third-order valence-electron chi connectivity index (χ3n) is 3.48. The van der Waals surface area contributed by atoms with Crippen LogP contribution < -0.4 is 5.32 Å². The first-order chi connectivity index (χ1) is 8.33. The average Bonchev–Trinajstić information content (AvgIpc) is 2.97. The van der Waals surface area contributed by atoms with E-state index >= 15 is 0 Å². The van der Waals surface area contributed by atoms with Gasteiger partial charge < -0.3 is 10.4 Å². The number of nitrogens with one attached hydrogen (secondary N) is 1. The Balaban J connectivity index is 1.95. The van der Waals surface area contributed by atoms with E-state index in [1.165, 1.54) is 25.7 Å². The van der Waals surface area contributed by atoms with Crippen molar-refractivity contribution in [2.75, 3.05) is 6.61 Å². The van der Waals surface area contributed by atoms with E-state index in [-0.39, 0.29) is 12.6 Å². The summed E-state index contributed by atoms with van der Waals surface area (Å²) in [6, 6.07) is 0.616. The van der Waals surface area contributed by atoms with Crippen molar-refractivity contribution in [2.24, 2.45) is 0 Å². The summed E-state index contributed by atoms with van der Waals surface area (Å²) in [6.07, 6.45) is 10.1.